The highest BCUT2D eigenvalue weighted by Gasteiger charge is 2.37. The van der Waals surface area contributed by atoms with Crippen LogP contribution in [0.4, 0.5) is 0 Å². The number of hydrogen-bond acceptors (Lipinski definition) is 2. The minimum absolute atomic E-state index is 0.244. The fraction of sp³-hybridized carbons (Fsp3) is 0.909. The molecule has 2 heteroatoms. The van der Waals surface area contributed by atoms with Gasteiger partial charge >= 0.3 is 0 Å². The Morgan fingerprint density at radius 1 is 1.38 bits per heavy atom. The molecule has 0 amide bonds. The van der Waals surface area contributed by atoms with Crippen molar-refractivity contribution >= 4 is 6.08 Å². The van der Waals surface area contributed by atoms with E-state index in [4.69, 9.17) is 0 Å². The van der Waals surface area contributed by atoms with Gasteiger partial charge in [-0.3, -0.25) is 0 Å². The van der Waals surface area contributed by atoms with Gasteiger partial charge in [-0.15, -0.1) is 0 Å². The van der Waals surface area contributed by atoms with Crippen LogP contribution in [-0.2, 0) is 4.79 Å². The zero-order valence-corrected chi connectivity index (χ0v) is 8.68. The summed E-state index contributed by atoms with van der Waals surface area (Å²) in [5.74, 6) is 0. The van der Waals surface area contributed by atoms with Crippen molar-refractivity contribution in [2.24, 2.45) is 10.4 Å². The summed E-state index contributed by atoms with van der Waals surface area (Å²) in [5.41, 5.74) is 0.301. The molecule has 1 fully saturated rings. The molecule has 1 rings (SSSR count). The normalized spacial score (nSPS) is 26.5. The maximum Gasteiger partial charge on any atom is 0.235 e. The molecule has 0 spiro atoms. The molecule has 0 saturated heterocycles. The predicted octanol–water partition coefficient (Wildman–Crippen LogP) is 3.07. The van der Waals surface area contributed by atoms with Gasteiger partial charge in [0.05, 0.1) is 6.04 Å². The van der Waals surface area contributed by atoms with Crippen LogP contribution in [0.3, 0.4) is 0 Å². The molecule has 1 saturated carbocycles. The average molecular weight is 181 g/mol. The first-order valence-corrected chi connectivity index (χ1v) is 5.36. The van der Waals surface area contributed by atoms with E-state index in [1.54, 1.807) is 6.08 Å². The molecule has 1 aliphatic carbocycles. The number of carbonyl (C=O) groups excluding carboxylic acids is 1. The molecule has 1 atom stereocenters. The van der Waals surface area contributed by atoms with Crippen molar-refractivity contribution in [2.45, 2.75) is 58.4 Å². The molecule has 1 aliphatic rings. The third-order valence-electron chi connectivity index (χ3n) is 3.73. The number of nitrogens with zero attached hydrogens (tertiary/aromatic N) is 1. The van der Waals surface area contributed by atoms with Gasteiger partial charge < -0.3 is 0 Å². The van der Waals surface area contributed by atoms with Crippen molar-refractivity contribution in [1.29, 1.82) is 0 Å². The number of isocyanates is 1. The Balaban J connectivity index is 2.80. The van der Waals surface area contributed by atoms with Crippen LogP contribution >= 0.6 is 0 Å². The first-order chi connectivity index (χ1) is 6.29. The highest BCUT2D eigenvalue weighted by molar-refractivity contribution is 5.34. The lowest BCUT2D eigenvalue weighted by Gasteiger charge is -2.40. The maximum atomic E-state index is 10.3. The van der Waals surface area contributed by atoms with E-state index in [-0.39, 0.29) is 6.04 Å². The quantitative estimate of drug-likeness (QED) is 0.486. The molecule has 0 N–H and O–H groups in total. The first kappa shape index (κ1) is 10.5. The van der Waals surface area contributed by atoms with E-state index in [1.807, 2.05) is 0 Å². The van der Waals surface area contributed by atoms with E-state index >= 15 is 0 Å². The minimum atomic E-state index is 0.244. The van der Waals surface area contributed by atoms with Crippen LogP contribution in [0.1, 0.15) is 52.4 Å². The zero-order chi connectivity index (χ0) is 9.73. The van der Waals surface area contributed by atoms with E-state index in [0.717, 1.165) is 19.3 Å². The standard InChI is InChI=1S/C11H19NO/c1-3-11(4-2)8-6-5-7-10(11)12-9-13/h10H,3-8H2,1-2H3. The Morgan fingerprint density at radius 3 is 2.62 bits per heavy atom. The summed E-state index contributed by atoms with van der Waals surface area (Å²) in [6, 6.07) is 0.244. The van der Waals surface area contributed by atoms with E-state index < -0.39 is 0 Å². The van der Waals surface area contributed by atoms with Crippen molar-refractivity contribution < 1.29 is 4.79 Å². The van der Waals surface area contributed by atoms with Gasteiger partial charge in [0.1, 0.15) is 0 Å². The van der Waals surface area contributed by atoms with Crippen LogP contribution in [0.25, 0.3) is 0 Å². The van der Waals surface area contributed by atoms with Crippen molar-refractivity contribution in [3.05, 3.63) is 0 Å². The average Bonchev–Trinajstić information content (AvgIpc) is 2.20. The summed E-state index contributed by atoms with van der Waals surface area (Å²) >= 11 is 0. The Bertz CT molecular complexity index is 202. The predicted molar refractivity (Wildman–Crippen MR) is 53.4 cm³/mol. The molecule has 0 radical (unpaired) electrons. The summed E-state index contributed by atoms with van der Waals surface area (Å²) in [6.45, 7) is 4.42. The van der Waals surface area contributed by atoms with E-state index in [9.17, 15) is 4.79 Å². The van der Waals surface area contributed by atoms with E-state index in [1.165, 1.54) is 19.3 Å². The number of hydrogen-bond donors (Lipinski definition) is 0. The second-order valence-electron chi connectivity index (χ2n) is 4.05. The van der Waals surface area contributed by atoms with Gasteiger partial charge in [-0.1, -0.05) is 26.7 Å². The lowest BCUT2D eigenvalue weighted by molar-refractivity contribution is 0.140. The summed E-state index contributed by atoms with van der Waals surface area (Å²) in [7, 11) is 0. The second kappa shape index (κ2) is 4.57. The summed E-state index contributed by atoms with van der Waals surface area (Å²) in [4.78, 5) is 14.3. The van der Waals surface area contributed by atoms with Crippen LogP contribution < -0.4 is 0 Å². The Hall–Kier alpha value is -0.620. The lowest BCUT2D eigenvalue weighted by Crippen LogP contribution is -2.35. The molecule has 0 aromatic heterocycles. The van der Waals surface area contributed by atoms with Gasteiger partial charge in [-0.25, -0.2) is 9.79 Å². The molecule has 2 nitrogen and oxygen atoms in total. The van der Waals surface area contributed by atoms with Gasteiger partial charge in [0.2, 0.25) is 6.08 Å². The Kier molecular flexibility index (Phi) is 3.68. The van der Waals surface area contributed by atoms with Gasteiger partial charge in [0.25, 0.3) is 0 Å². The fourth-order valence-electron chi connectivity index (χ4n) is 2.63. The molecular weight excluding hydrogens is 162 g/mol. The Labute approximate surface area is 80.4 Å². The zero-order valence-electron chi connectivity index (χ0n) is 8.68. The molecule has 13 heavy (non-hydrogen) atoms. The number of aliphatic imine (C=N–C) groups is 1. The van der Waals surface area contributed by atoms with Gasteiger partial charge in [0, 0.05) is 0 Å². The van der Waals surface area contributed by atoms with Crippen molar-refractivity contribution in [1.82, 2.24) is 0 Å². The molecule has 74 valence electrons. The largest absolute Gasteiger partial charge is 0.235 e. The third-order valence-corrected chi connectivity index (χ3v) is 3.73. The van der Waals surface area contributed by atoms with Crippen LogP contribution in [0.2, 0.25) is 0 Å². The van der Waals surface area contributed by atoms with Crippen molar-refractivity contribution in [3.63, 3.8) is 0 Å². The maximum absolute atomic E-state index is 10.3. The van der Waals surface area contributed by atoms with E-state index in [2.05, 4.69) is 18.8 Å². The molecule has 0 aliphatic heterocycles. The van der Waals surface area contributed by atoms with Crippen molar-refractivity contribution in [2.75, 3.05) is 0 Å². The summed E-state index contributed by atoms with van der Waals surface area (Å²) in [6.07, 6.45) is 8.84. The third kappa shape index (κ3) is 2.00. The first-order valence-electron chi connectivity index (χ1n) is 5.36. The molecule has 0 aromatic rings. The van der Waals surface area contributed by atoms with Crippen molar-refractivity contribution in [3.8, 4) is 0 Å². The smallest absolute Gasteiger partial charge is 0.211 e. The monoisotopic (exact) mass is 181 g/mol. The molecule has 0 heterocycles. The SMILES string of the molecule is CCC1(CC)CCCCC1N=C=O. The van der Waals surface area contributed by atoms with Gasteiger partial charge in [-0.05, 0) is 31.1 Å². The lowest BCUT2D eigenvalue weighted by atomic mass is 9.67. The number of rotatable bonds is 3. The van der Waals surface area contributed by atoms with E-state index in [0.29, 0.717) is 5.41 Å². The summed E-state index contributed by atoms with van der Waals surface area (Å²) in [5, 5.41) is 0. The summed E-state index contributed by atoms with van der Waals surface area (Å²) < 4.78 is 0. The van der Waals surface area contributed by atoms with Crippen LogP contribution in [0, 0.1) is 5.41 Å². The molecular formula is C11H19NO. The van der Waals surface area contributed by atoms with Crippen LogP contribution in [-0.4, -0.2) is 12.1 Å². The fourth-order valence-corrected chi connectivity index (χ4v) is 2.63. The van der Waals surface area contributed by atoms with Gasteiger partial charge in [-0.2, -0.15) is 0 Å². The topological polar surface area (TPSA) is 29.4 Å². The van der Waals surface area contributed by atoms with Gasteiger partial charge in [0.15, 0.2) is 0 Å². The minimum Gasteiger partial charge on any atom is -0.211 e. The molecule has 0 aromatic carbocycles. The molecule has 1 unspecified atom stereocenters. The highest BCUT2D eigenvalue weighted by atomic mass is 16.1. The second-order valence-corrected chi connectivity index (χ2v) is 4.05. The Morgan fingerprint density at radius 2 is 2.08 bits per heavy atom. The highest BCUT2D eigenvalue weighted by Crippen LogP contribution is 2.43. The van der Waals surface area contributed by atoms with Crippen LogP contribution in [0.5, 0.6) is 0 Å². The molecule has 0 bridgehead atoms. The van der Waals surface area contributed by atoms with Crippen LogP contribution in [0.15, 0.2) is 4.99 Å².